The second-order valence-electron chi connectivity index (χ2n) is 5.61. The maximum atomic E-state index is 4.60. The quantitative estimate of drug-likeness (QED) is 0.554. The predicted molar refractivity (Wildman–Crippen MR) is 97.0 cm³/mol. The van der Waals surface area contributed by atoms with Crippen LogP contribution in [0.15, 0.2) is 70.7 Å². The van der Waals surface area contributed by atoms with Crippen LogP contribution >= 0.6 is 11.8 Å². The van der Waals surface area contributed by atoms with Crippen molar-refractivity contribution in [2.45, 2.75) is 17.0 Å². The van der Waals surface area contributed by atoms with Crippen LogP contribution in [0.5, 0.6) is 0 Å². The van der Waals surface area contributed by atoms with E-state index in [9.17, 15) is 0 Å². The number of aryl methyl sites for hydroxylation is 1. The number of rotatable bonds is 3. The van der Waals surface area contributed by atoms with Gasteiger partial charge in [0, 0.05) is 28.6 Å². The van der Waals surface area contributed by atoms with E-state index in [0.29, 0.717) is 0 Å². The molecule has 0 saturated heterocycles. The topological polar surface area (TPSA) is 43.6 Å². The Labute approximate surface area is 144 Å². The van der Waals surface area contributed by atoms with Gasteiger partial charge in [0.2, 0.25) is 0 Å². The SMILES string of the molecule is Cc1cc(Sc2nnc(-c3ccccc3)n2C)c2ccccc2n1. The fraction of sp³-hybridized carbons (Fsp3) is 0.105. The van der Waals surface area contributed by atoms with Crippen molar-refractivity contribution in [1.82, 2.24) is 19.7 Å². The molecule has 2 heterocycles. The number of pyridine rings is 1. The van der Waals surface area contributed by atoms with E-state index in [1.54, 1.807) is 11.8 Å². The van der Waals surface area contributed by atoms with Crippen molar-refractivity contribution in [2.75, 3.05) is 0 Å². The molecule has 0 aliphatic rings. The highest BCUT2D eigenvalue weighted by Crippen LogP contribution is 2.33. The van der Waals surface area contributed by atoms with E-state index in [2.05, 4.69) is 27.3 Å². The molecule has 4 nitrogen and oxygen atoms in total. The fourth-order valence-corrected chi connectivity index (χ4v) is 3.71. The van der Waals surface area contributed by atoms with Crippen LogP contribution in [0.4, 0.5) is 0 Å². The van der Waals surface area contributed by atoms with Crippen LogP contribution in [0, 0.1) is 6.92 Å². The van der Waals surface area contributed by atoms with Crippen molar-refractivity contribution in [2.24, 2.45) is 7.05 Å². The smallest absolute Gasteiger partial charge is 0.196 e. The van der Waals surface area contributed by atoms with Crippen LogP contribution in [-0.2, 0) is 7.05 Å². The molecule has 0 N–H and O–H groups in total. The zero-order valence-corrected chi connectivity index (χ0v) is 14.3. The third kappa shape index (κ3) is 2.67. The molecule has 24 heavy (non-hydrogen) atoms. The Morgan fingerprint density at radius 1 is 0.917 bits per heavy atom. The van der Waals surface area contributed by atoms with Crippen LogP contribution in [0.1, 0.15) is 5.69 Å². The van der Waals surface area contributed by atoms with Gasteiger partial charge in [-0.05, 0) is 30.8 Å². The summed E-state index contributed by atoms with van der Waals surface area (Å²) in [5.74, 6) is 0.869. The summed E-state index contributed by atoms with van der Waals surface area (Å²) in [6.07, 6.45) is 0. The zero-order valence-electron chi connectivity index (χ0n) is 13.5. The molecule has 0 atom stereocenters. The molecule has 0 amide bonds. The maximum Gasteiger partial charge on any atom is 0.196 e. The van der Waals surface area contributed by atoms with Gasteiger partial charge in [0.15, 0.2) is 11.0 Å². The molecule has 0 unspecified atom stereocenters. The van der Waals surface area contributed by atoms with E-state index in [4.69, 9.17) is 0 Å². The van der Waals surface area contributed by atoms with Crippen molar-refractivity contribution < 1.29 is 0 Å². The van der Waals surface area contributed by atoms with Gasteiger partial charge in [-0.2, -0.15) is 0 Å². The first-order chi connectivity index (χ1) is 11.7. The molecule has 0 spiro atoms. The minimum atomic E-state index is 0.865. The molecular formula is C19H16N4S. The van der Waals surface area contributed by atoms with Gasteiger partial charge >= 0.3 is 0 Å². The summed E-state index contributed by atoms with van der Waals surface area (Å²) < 4.78 is 2.03. The molecule has 0 bridgehead atoms. The Morgan fingerprint density at radius 3 is 2.50 bits per heavy atom. The molecule has 0 aliphatic heterocycles. The first-order valence-electron chi connectivity index (χ1n) is 7.71. The average molecular weight is 332 g/mol. The van der Waals surface area contributed by atoms with E-state index in [1.807, 2.05) is 67.1 Å². The number of hydrogen-bond acceptors (Lipinski definition) is 4. The molecule has 0 radical (unpaired) electrons. The minimum Gasteiger partial charge on any atom is -0.305 e. The number of fused-ring (bicyclic) bond motifs is 1. The Kier molecular flexibility index (Phi) is 3.78. The minimum absolute atomic E-state index is 0.865. The van der Waals surface area contributed by atoms with E-state index in [-0.39, 0.29) is 0 Å². The summed E-state index contributed by atoms with van der Waals surface area (Å²) in [5, 5.41) is 10.7. The molecule has 0 aliphatic carbocycles. The van der Waals surface area contributed by atoms with E-state index in [0.717, 1.165) is 38.0 Å². The van der Waals surface area contributed by atoms with E-state index >= 15 is 0 Å². The van der Waals surface area contributed by atoms with Gasteiger partial charge in [-0.25, -0.2) is 0 Å². The van der Waals surface area contributed by atoms with E-state index < -0.39 is 0 Å². The van der Waals surface area contributed by atoms with Gasteiger partial charge in [0.1, 0.15) is 0 Å². The molecular weight excluding hydrogens is 316 g/mol. The van der Waals surface area contributed by atoms with Crippen LogP contribution in [0.2, 0.25) is 0 Å². The lowest BCUT2D eigenvalue weighted by molar-refractivity contribution is 0.794. The van der Waals surface area contributed by atoms with Gasteiger partial charge in [-0.3, -0.25) is 4.98 Å². The third-order valence-electron chi connectivity index (χ3n) is 3.87. The molecule has 0 saturated carbocycles. The molecule has 118 valence electrons. The summed E-state index contributed by atoms with van der Waals surface area (Å²) in [7, 11) is 2.00. The maximum absolute atomic E-state index is 4.60. The highest BCUT2D eigenvalue weighted by atomic mass is 32.2. The molecule has 4 aromatic rings. The highest BCUT2D eigenvalue weighted by molar-refractivity contribution is 7.99. The Bertz CT molecular complexity index is 1010. The Balaban J connectivity index is 1.76. The summed E-state index contributed by atoms with van der Waals surface area (Å²) in [4.78, 5) is 5.74. The fourth-order valence-electron chi connectivity index (χ4n) is 2.69. The zero-order chi connectivity index (χ0) is 16.5. The van der Waals surface area contributed by atoms with Gasteiger partial charge < -0.3 is 4.57 Å². The lowest BCUT2D eigenvalue weighted by Gasteiger charge is -2.07. The van der Waals surface area contributed by atoms with Crippen LogP contribution in [-0.4, -0.2) is 19.7 Å². The second-order valence-corrected chi connectivity index (χ2v) is 6.62. The second kappa shape index (κ2) is 6.09. The van der Waals surface area contributed by atoms with Crippen LogP contribution in [0.25, 0.3) is 22.3 Å². The molecule has 5 heteroatoms. The van der Waals surface area contributed by atoms with Crippen LogP contribution in [0.3, 0.4) is 0 Å². The van der Waals surface area contributed by atoms with Crippen LogP contribution < -0.4 is 0 Å². The largest absolute Gasteiger partial charge is 0.305 e. The number of aromatic nitrogens is 4. The summed E-state index contributed by atoms with van der Waals surface area (Å²) in [5.41, 5.74) is 3.07. The number of hydrogen-bond donors (Lipinski definition) is 0. The lowest BCUT2D eigenvalue weighted by atomic mass is 10.2. The predicted octanol–water partition coefficient (Wildman–Crippen LogP) is 4.49. The van der Waals surface area contributed by atoms with Crippen molar-refractivity contribution in [3.8, 4) is 11.4 Å². The first kappa shape index (κ1) is 14.9. The summed E-state index contributed by atoms with van der Waals surface area (Å²) >= 11 is 1.62. The number of para-hydroxylation sites is 1. The first-order valence-corrected chi connectivity index (χ1v) is 8.53. The molecule has 2 aromatic heterocycles. The molecule has 2 aromatic carbocycles. The van der Waals surface area contributed by atoms with Crippen molar-refractivity contribution in [1.29, 1.82) is 0 Å². The lowest BCUT2D eigenvalue weighted by Crippen LogP contribution is -1.95. The van der Waals surface area contributed by atoms with Gasteiger partial charge in [-0.1, -0.05) is 48.5 Å². The Hall–Kier alpha value is -2.66. The van der Waals surface area contributed by atoms with Gasteiger partial charge in [-0.15, -0.1) is 10.2 Å². The molecule has 0 fully saturated rings. The molecule has 4 rings (SSSR count). The average Bonchev–Trinajstić information content (AvgIpc) is 2.96. The third-order valence-corrected chi connectivity index (χ3v) is 4.97. The normalized spacial score (nSPS) is 11.1. The number of benzene rings is 2. The van der Waals surface area contributed by atoms with Crippen molar-refractivity contribution >= 4 is 22.7 Å². The summed E-state index contributed by atoms with van der Waals surface area (Å²) in [6, 6.07) is 20.4. The monoisotopic (exact) mass is 332 g/mol. The van der Waals surface area contributed by atoms with Gasteiger partial charge in [0.25, 0.3) is 0 Å². The number of nitrogens with zero attached hydrogens (tertiary/aromatic N) is 4. The standard InChI is InChI=1S/C19H16N4S/c1-13-12-17(15-10-6-7-11-16(15)20-13)24-19-22-21-18(23(19)2)14-8-4-3-5-9-14/h3-12H,1-2H3. The van der Waals surface area contributed by atoms with Crippen molar-refractivity contribution in [3.05, 3.63) is 66.4 Å². The van der Waals surface area contributed by atoms with Gasteiger partial charge in [0.05, 0.1) is 5.52 Å². The van der Waals surface area contributed by atoms with Crippen molar-refractivity contribution in [3.63, 3.8) is 0 Å². The van der Waals surface area contributed by atoms with E-state index in [1.165, 1.54) is 0 Å². The summed E-state index contributed by atoms with van der Waals surface area (Å²) in [6.45, 7) is 2.02. The Morgan fingerprint density at radius 2 is 1.67 bits per heavy atom. The highest BCUT2D eigenvalue weighted by Gasteiger charge is 2.13.